The summed E-state index contributed by atoms with van der Waals surface area (Å²) in [7, 11) is 2.11. The summed E-state index contributed by atoms with van der Waals surface area (Å²) in [6, 6.07) is 10.6. The number of hydrogen-bond donors (Lipinski definition) is 2. The molecule has 0 aliphatic heterocycles. The van der Waals surface area contributed by atoms with Crippen LogP contribution in [0.25, 0.3) is 0 Å². The van der Waals surface area contributed by atoms with E-state index >= 15 is 0 Å². The summed E-state index contributed by atoms with van der Waals surface area (Å²) >= 11 is 3.70. The number of rotatable bonds is 15. The Hall–Kier alpha value is -1.85. The zero-order valence-corrected chi connectivity index (χ0v) is 27.1. The number of aryl methyl sites for hydroxylation is 2. The molecule has 1 aromatic carbocycles. The molecular formula is C28H46N4O3S2Si. The van der Waals surface area contributed by atoms with Crippen molar-refractivity contribution in [3.63, 3.8) is 0 Å². The van der Waals surface area contributed by atoms with Gasteiger partial charge in [-0.25, -0.2) is 0 Å². The highest BCUT2D eigenvalue weighted by molar-refractivity contribution is 7.98. The Morgan fingerprint density at radius 3 is 2.55 bits per heavy atom. The molecule has 2 rings (SSSR count). The summed E-state index contributed by atoms with van der Waals surface area (Å²) in [5, 5.41) is 17.9. The van der Waals surface area contributed by atoms with Crippen LogP contribution in [0.5, 0.6) is 0 Å². The second kappa shape index (κ2) is 14.5. The van der Waals surface area contributed by atoms with Gasteiger partial charge >= 0.3 is 0 Å². The first-order valence-corrected chi connectivity index (χ1v) is 17.9. The Labute approximate surface area is 238 Å². The fraction of sp³-hybridized carbons (Fsp3) is 0.571. The highest BCUT2D eigenvalue weighted by Crippen LogP contribution is 2.39. The second-order valence-electron chi connectivity index (χ2n) is 11.5. The highest BCUT2D eigenvalue weighted by Gasteiger charge is 2.39. The van der Waals surface area contributed by atoms with Gasteiger partial charge in [-0.3, -0.25) is 10.1 Å². The molecule has 0 spiro atoms. The van der Waals surface area contributed by atoms with Gasteiger partial charge < -0.3 is 20.0 Å². The van der Waals surface area contributed by atoms with Gasteiger partial charge in [0.15, 0.2) is 14.1 Å². The number of thioether (sulfide) groups is 1. The van der Waals surface area contributed by atoms with Gasteiger partial charge in [0.1, 0.15) is 0 Å². The lowest BCUT2D eigenvalue weighted by molar-refractivity contribution is -0.404. The van der Waals surface area contributed by atoms with Gasteiger partial charge in [0, 0.05) is 40.9 Å². The van der Waals surface area contributed by atoms with Crippen LogP contribution in [0.4, 0.5) is 0 Å². The maximum Gasteiger partial charge on any atom is 0.274 e. The summed E-state index contributed by atoms with van der Waals surface area (Å²) in [5.74, 6) is 2.20. The van der Waals surface area contributed by atoms with Crippen molar-refractivity contribution in [2.45, 2.75) is 71.2 Å². The fourth-order valence-electron chi connectivity index (χ4n) is 3.63. The Morgan fingerprint density at radius 2 is 1.95 bits per heavy atom. The lowest BCUT2D eigenvalue weighted by Crippen LogP contribution is -2.44. The van der Waals surface area contributed by atoms with Crippen LogP contribution in [0.1, 0.15) is 53.3 Å². The molecule has 0 fully saturated rings. The van der Waals surface area contributed by atoms with Crippen molar-refractivity contribution < 1.29 is 9.35 Å². The van der Waals surface area contributed by atoms with Crippen LogP contribution < -0.4 is 10.6 Å². The third kappa shape index (κ3) is 10.7. The average molecular weight is 579 g/mol. The van der Waals surface area contributed by atoms with Gasteiger partial charge in [-0.05, 0) is 63.3 Å². The van der Waals surface area contributed by atoms with E-state index in [1.165, 1.54) is 15.3 Å². The van der Waals surface area contributed by atoms with Crippen molar-refractivity contribution in [1.29, 1.82) is 0 Å². The minimum absolute atomic E-state index is 0.0540. The average Bonchev–Trinajstić information content (AvgIpc) is 3.13. The van der Waals surface area contributed by atoms with Crippen molar-refractivity contribution in [2.24, 2.45) is 0 Å². The van der Waals surface area contributed by atoms with E-state index in [9.17, 15) is 10.1 Å². The standard InChI is InChI=1S/C28H46N4O3S2Si/c1-21-11-10-12-23(15-21)25(35-38(8,9)28(3,4)5)17-30-27(19-32(33)34)29-13-14-36-20-24-16-22(2)26(37-24)18-31(6)7/h10-12,15-16,19,25,29-30H,13-14,17-18,20H2,1-9H3. The number of benzene rings is 1. The molecule has 0 saturated heterocycles. The summed E-state index contributed by atoms with van der Waals surface area (Å²) < 4.78 is 6.77. The molecule has 1 atom stereocenters. The van der Waals surface area contributed by atoms with E-state index in [0.717, 1.165) is 35.4 Å². The summed E-state index contributed by atoms with van der Waals surface area (Å²) in [4.78, 5) is 15.9. The molecular weight excluding hydrogens is 533 g/mol. The third-order valence-electron chi connectivity index (χ3n) is 6.71. The molecule has 1 aromatic heterocycles. The lowest BCUT2D eigenvalue weighted by atomic mass is 10.1. The molecule has 10 heteroatoms. The Morgan fingerprint density at radius 1 is 1.24 bits per heavy atom. The van der Waals surface area contributed by atoms with E-state index in [1.54, 1.807) is 0 Å². The Kier molecular flexibility index (Phi) is 12.4. The van der Waals surface area contributed by atoms with Crippen LogP contribution in [-0.2, 0) is 16.7 Å². The van der Waals surface area contributed by atoms with Crippen molar-refractivity contribution in [3.8, 4) is 0 Å². The van der Waals surface area contributed by atoms with E-state index in [1.807, 2.05) is 29.2 Å². The molecule has 1 unspecified atom stereocenters. The normalized spacial score (nSPS) is 13.6. The SMILES string of the molecule is Cc1cccc(C(CNC(=C[N+](=O)[O-])NCCSCc2cc(C)c(CN(C)C)s2)O[Si](C)(C)C(C)(C)C)c1. The summed E-state index contributed by atoms with van der Waals surface area (Å²) in [6.07, 6.45) is 0.807. The highest BCUT2D eigenvalue weighted by atomic mass is 32.2. The van der Waals surface area contributed by atoms with Crippen LogP contribution in [0.2, 0.25) is 18.1 Å². The topological polar surface area (TPSA) is 79.7 Å². The van der Waals surface area contributed by atoms with E-state index in [0.29, 0.717) is 18.9 Å². The van der Waals surface area contributed by atoms with Gasteiger partial charge in [0.05, 0.1) is 11.0 Å². The molecule has 0 amide bonds. The molecule has 212 valence electrons. The predicted octanol–water partition coefficient (Wildman–Crippen LogP) is 6.68. The van der Waals surface area contributed by atoms with Crippen molar-refractivity contribution in [2.75, 3.05) is 32.9 Å². The van der Waals surface area contributed by atoms with E-state index in [4.69, 9.17) is 4.43 Å². The van der Waals surface area contributed by atoms with Crippen LogP contribution >= 0.6 is 23.1 Å². The van der Waals surface area contributed by atoms with Crippen LogP contribution in [0, 0.1) is 24.0 Å². The number of nitrogens with one attached hydrogen (secondary N) is 2. The number of thiophene rings is 1. The monoisotopic (exact) mass is 578 g/mol. The van der Waals surface area contributed by atoms with E-state index in [2.05, 4.69) is 102 Å². The van der Waals surface area contributed by atoms with Crippen LogP contribution in [0.15, 0.2) is 42.4 Å². The largest absolute Gasteiger partial charge is 0.408 e. The molecule has 0 aliphatic carbocycles. The third-order valence-corrected chi connectivity index (χ3v) is 13.6. The number of nitrogens with zero attached hydrogens (tertiary/aromatic N) is 2. The van der Waals surface area contributed by atoms with Gasteiger partial charge in [0.25, 0.3) is 6.20 Å². The molecule has 38 heavy (non-hydrogen) atoms. The van der Waals surface area contributed by atoms with Gasteiger partial charge in [0.2, 0.25) is 0 Å². The maximum atomic E-state index is 11.3. The first-order valence-electron chi connectivity index (χ1n) is 13.1. The van der Waals surface area contributed by atoms with E-state index < -0.39 is 13.2 Å². The van der Waals surface area contributed by atoms with Crippen LogP contribution in [0.3, 0.4) is 0 Å². The first-order chi connectivity index (χ1) is 17.7. The number of nitro groups is 1. The first kappa shape index (κ1) is 32.4. The fourth-order valence-corrected chi connectivity index (χ4v) is 7.17. The zero-order valence-electron chi connectivity index (χ0n) is 24.5. The second-order valence-corrected chi connectivity index (χ2v) is 18.6. The molecule has 2 N–H and O–H groups in total. The van der Waals surface area contributed by atoms with Crippen LogP contribution in [-0.4, -0.2) is 51.1 Å². The van der Waals surface area contributed by atoms with Gasteiger partial charge in [-0.15, -0.1) is 11.3 Å². The zero-order chi connectivity index (χ0) is 28.5. The smallest absolute Gasteiger partial charge is 0.274 e. The molecule has 1 heterocycles. The summed E-state index contributed by atoms with van der Waals surface area (Å²) in [5.41, 5.74) is 3.59. The van der Waals surface area contributed by atoms with E-state index in [-0.39, 0.29) is 11.1 Å². The molecule has 0 bridgehead atoms. The van der Waals surface area contributed by atoms with Gasteiger partial charge in [-0.1, -0.05) is 50.6 Å². The van der Waals surface area contributed by atoms with Crippen molar-refractivity contribution in [3.05, 3.63) is 78.9 Å². The van der Waals surface area contributed by atoms with Gasteiger partial charge in [-0.2, -0.15) is 11.8 Å². The summed E-state index contributed by atoms with van der Waals surface area (Å²) in [6.45, 7) is 17.4. The number of hydrogen-bond acceptors (Lipinski definition) is 8. The lowest BCUT2D eigenvalue weighted by Gasteiger charge is -2.39. The van der Waals surface area contributed by atoms with Crippen molar-refractivity contribution in [1.82, 2.24) is 15.5 Å². The van der Waals surface area contributed by atoms with Crippen molar-refractivity contribution >= 4 is 31.4 Å². The minimum atomic E-state index is -2.07. The predicted molar refractivity (Wildman–Crippen MR) is 166 cm³/mol. The molecule has 2 aromatic rings. The minimum Gasteiger partial charge on any atom is -0.408 e. The Balaban J connectivity index is 1.98. The molecule has 0 radical (unpaired) electrons. The molecule has 0 aliphatic rings. The molecule has 7 nitrogen and oxygen atoms in total. The molecule has 0 saturated carbocycles. The quantitative estimate of drug-likeness (QED) is 0.106. The maximum absolute atomic E-state index is 11.3. The Bertz CT molecular complexity index is 1080.